The van der Waals surface area contributed by atoms with Gasteiger partial charge in [-0.15, -0.1) is 0 Å². The van der Waals surface area contributed by atoms with Gasteiger partial charge in [0, 0.05) is 13.1 Å². The van der Waals surface area contributed by atoms with Crippen LogP contribution in [0.15, 0.2) is 18.2 Å². The van der Waals surface area contributed by atoms with Gasteiger partial charge in [-0.1, -0.05) is 12.1 Å². The Hall–Kier alpha value is -0.820. The SMILES string of the molecule is CN1CCc2cc[c]cc2C1. The zero-order chi connectivity index (χ0) is 7.68. The molecule has 1 aromatic carbocycles. The molecule has 0 N–H and O–H groups in total. The standard InChI is InChI=1S/C10H12N/c1-11-7-6-9-4-2-3-5-10(9)8-11/h2,4-5H,6-8H2,1H3. The lowest BCUT2D eigenvalue weighted by atomic mass is 10.0. The first-order chi connectivity index (χ1) is 5.36. The average Bonchev–Trinajstić information content (AvgIpc) is 2.04. The maximum atomic E-state index is 3.11. The summed E-state index contributed by atoms with van der Waals surface area (Å²) in [7, 11) is 2.16. The van der Waals surface area contributed by atoms with E-state index >= 15 is 0 Å². The molecule has 57 valence electrons. The quantitative estimate of drug-likeness (QED) is 0.536. The normalized spacial score (nSPS) is 17.9. The second kappa shape index (κ2) is 2.67. The van der Waals surface area contributed by atoms with E-state index in [-0.39, 0.29) is 0 Å². The summed E-state index contributed by atoms with van der Waals surface area (Å²) >= 11 is 0. The van der Waals surface area contributed by atoms with Crippen molar-refractivity contribution in [3.63, 3.8) is 0 Å². The van der Waals surface area contributed by atoms with Crippen molar-refractivity contribution in [3.8, 4) is 0 Å². The molecule has 1 heteroatoms. The number of hydrogen-bond acceptors (Lipinski definition) is 1. The van der Waals surface area contributed by atoms with Crippen molar-refractivity contribution in [2.24, 2.45) is 0 Å². The van der Waals surface area contributed by atoms with E-state index in [9.17, 15) is 0 Å². The molecule has 2 rings (SSSR count). The first-order valence-electron chi connectivity index (χ1n) is 4.02. The van der Waals surface area contributed by atoms with E-state index in [0.29, 0.717) is 0 Å². The topological polar surface area (TPSA) is 3.24 Å². The number of likely N-dealkylation sites (N-methyl/N-ethyl adjacent to an activating group) is 1. The van der Waals surface area contributed by atoms with Crippen molar-refractivity contribution in [1.29, 1.82) is 0 Å². The van der Waals surface area contributed by atoms with Crippen LogP contribution in [0.5, 0.6) is 0 Å². The molecule has 1 nitrogen and oxygen atoms in total. The van der Waals surface area contributed by atoms with Crippen LogP contribution in [-0.4, -0.2) is 18.5 Å². The molecule has 0 aliphatic carbocycles. The van der Waals surface area contributed by atoms with Crippen molar-refractivity contribution in [1.82, 2.24) is 4.90 Å². The van der Waals surface area contributed by atoms with Crippen LogP contribution in [0.1, 0.15) is 11.1 Å². The average molecular weight is 146 g/mol. The third-order valence-electron chi connectivity index (χ3n) is 2.25. The lowest BCUT2D eigenvalue weighted by molar-refractivity contribution is 0.313. The van der Waals surface area contributed by atoms with E-state index in [1.165, 1.54) is 24.1 Å². The van der Waals surface area contributed by atoms with E-state index in [2.05, 4.69) is 30.1 Å². The molecule has 0 saturated heterocycles. The zero-order valence-electron chi connectivity index (χ0n) is 6.80. The predicted molar refractivity (Wildman–Crippen MR) is 45.3 cm³/mol. The Morgan fingerprint density at radius 1 is 1.45 bits per heavy atom. The van der Waals surface area contributed by atoms with Crippen LogP contribution in [-0.2, 0) is 13.0 Å². The first kappa shape index (κ1) is 6.86. The molecular weight excluding hydrogens is 134 g/mol. The van der Waals surface area contributed by atoms with Gasteiger partial charge >= 0.3 is 0 Å². The summed E-state index contributed by atoms with van der Waals surface area (Å²) in [6.07, 6.45) is 1.19. The van der Waals surface area contributed by atoms with Crippen LogP contribution in [0, 0.1) is 6.07 Å². The molecule has 0 fully saturated rings. The third-order valence-corrected chi connectivity index (χ3v) is 2.25. The van der Waals surface area contributed by atoms with Crippen LogP contribution in [0.25, 0.3) is 0 Å². The number of nitrogens with zero attached hydrogens (tertiary/aromatic N) is 1. The zero-order valence-corrected chi connectivity index (χ0v) is 6.80. The Labute approximate surface area is 67.6 Å². The summed E-state index contributed by atoms with van der Waals surface area (Å²) in [5.41, 5.74) is 2.95. The minimum Gasteiger partial charge on any atom is -0.302 e. The number of fused-ring (bicyclic) bond motifs is 1. The lowest BCUT2D eigenvalue weighted by Gasteiger charge is -2.24. The Bertz CT molecular complexity index is 255. The molecule has 0 amide bonds. The van der Waals surface area contributed by atoms with E-state index in [0.717, 1.165) is 6.54 Å². The van der Waals surface area contributed by atoms with Crippen molar-refractivity contribution < 1.29 is 0 Å². The first-order valence-corrected chi connectivity index (χ1v) is 4.02. The fourth-order valence-electron chi connectivity index (χ4n) is 1.57. The lowest BCUT2D eigenvalue weighted by Crippen LogP contribution is -2.26. The molecule has 0 bridgehead atoms. The van der Waals surface area contributed by atoms with Gasteiger partial charge in [-0.2, -0.15) is 0 Å². The summed E-state index contributed by atoms with van der Waals surface area (Å²) in [5, 5.41) is 0. The molecule has 1 heterocycles. The van der Waals surface area contributed by atoms with Gasteiger partial charge < -0.3 is 4.90 Å². The van der Waals surface area contributed by atoms with Gasteiger partial charge in [-0.3, -0.25) is 0 Å². The molecular formula is C10H12N. The monoisotopic (exact) mass is 146 g/mol. The van der Waals surface area contributed by atoms with Crippen molar-refractivity contribution in [2.45, 2.75) is 13.0 Å². The highest BCUT2D eigenvalue weighted by Crippen LogP contribution is 2.16. The number of rotatable bonds is 0. The summed E-state index contributed by atoms with van der Waals surface area (Å²) in [6.45, 7) is 2.28. The summed E-state index contributed by atoms with van der Waals surface area (Å²) in [5.74, 6) is 0. The van der Waals surface area contributed by atoms with Gasteiger partial charge in [0.2, 0.25) is 0 Å². The van der Waals surface area contributed by atoms with Crippen molar-refractivity contribution in [2.75, 3.05) is 13.6 Å². The molecule has 0 unspecified atom stereocenters. The molecule has 0 atom stereocenters. The number of hydrogen-bond donors (Lipinski definition) is 0. The second-order valence-electron chi connectivity index (χ2n) is 3.18. The second-order valence-corrected chi connectivity index (χ2v) is 3.18. The van der Waals surface area contributed by atoms with E-state index in [4.69, 9.17) is 0 Å². The summed E-state index contributed by atoms with van der Waals surface area (Å²) in [6, 6.07) is 9.40. The molecule has 1 aliphatic rings. The van der Waals surface area contributed by atoms with Crippen LogP contribution in [0.2, 0.25) is 0 Å². The smallest absolute Gasteiger partial charge is 0.0233 e. The molecule has 0 spiro atoms. The van der Waals surface area contributed by atoms with Gasteiger partial charge in [0.05, 0.1) is 0 Å². The van der Waals surface area contributed by atoms with E-state index in [1.54, 1.807) is 0 Å². The molecule has 11 heavy (non-hydrogen) atoms. The molecule has 1 radical (unpaired) electrons. The van der Waals surface area contributed by atoms with Crippen LogP contribution >= 0.6 is 0 Å². The Balaban J connectivity index is 2.34. The largest absolute Gasteiger partial charge is 0.302 e. The van der Waals surface area contributed by atoms with Gasteiger partial charge in [0.15, 0.2) is 0 Å². The molecule has 1 aliphatic heterocycles. The summed E-state index contributed by atoms with van der Waals surface area (Å²) < 4.78 is 0. The highest BCUT2D eigenvalue weighted by molar-refractivity contribution is 5.28. The Morgan fingerprint density at radius 3 is 3.27 bits per heavy atom. The van der Waals surface area contributed by atoms with E-state index < -0.39 is 0 Å². The van der Waals surface area contributed by atoms with Crippen molar-refractivity contribution >= 4 is 0 Å². The van der Waals surface area contributed by atoms with E-state index in [1.807, 2.05) is 6.07 Å². The maximum absolute atomic E-state index is 3.11. The van der Waals surface area contributed by atoms with Gasteiger partial charge in [0.1, 0.15) is 0 Å². The molecule has 0 saturated carbocycles. The highest BCUT2D eigenvalue weighted by atomic mass is 15.1. The highest BCUT2D eigenvalue weighted by Gasteiger charge is 2.10. The van der Waals surface area contributed by atoms with Gasteiger partial charge in [-0.25, -0.2) is 0 Å². The third kappa shape index (κ3) is 1.29. The Kier molecular flexibility index (Phi) is 1.66. The van der Waals surface area contributed by atoms with Gasteiger partial charge in [-0.05, 0) is 36.7 Å². The molecule has 1 aromatic rings. The molecule has 0 aromatic heterocycles. The van der Waals surface area contributed by atoms with Crippen LogP contribution in [0.4, 0.5) is 0 Å². The van der Waals surface area contributed by atoms with Crippen LogP contribution < -0.4 is 0 Å². The minimum atomic E-state index is 1.09. The van der Waals surface area contributed by atoms with Gasteiger partial charge in [0.25, 0.3) is 0 Å². The fourth-order valence-corrected chi connectivity index (χ4v) is 1.57. The fraction of sp³-hybridized carbons (Fsp3) is 0.400. The minimum absolute atomic E-state index is 1.09. The number of benzene rings is 1. The Morgan fingerprint density at radius 2 is 2.36 bits per heavy atom. The maximum Gasteiger partial charge on any atom is 0.0233 e. The van der Waals surface area contributed by atoms with Crippen molar-refractivity contribution in [3.05, 3.63) is 35.4 Å². The predicted octanol–water partition coefficient (Wildman–Crippen LogP) is 1.47. The van der Waals surface area contributed by atoms with Crippen LogP contribution in [0.3, 0.4) is 0 Å². The summed E-state index contributed by atoms with van der Waals surface area (Å²) in [4.78, 5) is 2.34.